The van der Waals surface area contributed by atoms with Gasteiger partial charge in [-0.15, -0.1) is 0 Å². The molecule has 0 aliphatic heterocycles. The van der Waals surface area contributed by atoms with E-state index in [1.165, 1.54) is 0 Å². The van der Waals surface area contributed by atoms with Gasteiger partial charge in [-0.1, -0.05) is 0 Å². The van der Waals surface area contributed by atoms with Gasteiger partial charge in [0.25, 0.3) is 0 Å². The van der Waals surface area contributed by atoms with E-state index in [1.807, 2.05) is 22.9 Å². The van der Waals surface area contributed by atoms with E-state index in [9.17, 15) is 5.11 Å². The second kappa shape index (κ2) is 4.82. The molecule has 13 heavy (non-hydrogen) atoms. The molecule has 0 spiro atoms. The monoisotopic (exact) mass is 181 g/mol. The van der Waals surface area contributed by atoms with Gasteiger partial charge in [-0.2, -0.15) is 4.57 Å². The van der Waals surface area contributed by atoms with E-state index >= 15 is 0 Å². The smallest absolute Gasteiger partial charge is 0.365 e. The SMILES string of the molecule is CN(C)CCC[n+]1ccccc1O. The average molecular weight is 181 g/mol. The second-order valence-electron chi connectivity index (χ2n) is 3.41. The Kier molecular flexibility index (Phi) is 3.71. The fourth-order valence-electron chi connectivity index (χ4n) is 1.21. The lowest BCUT2D eigenvalue weighted by Crippen LogP contribution is -2.34. The topological polar surface area (TPSA) is 27.4 Å². The van der Waals surface area contributed by atoms with Gasteiger partial charge in [-0.3, -0.25) is 0 Å². The zero-order chi connectivity index (χ0) is 9.68. The van der Waals surface area contributed by atoms with Crippen molar-refractivity contribution in [1.82, 2.24) is 4.90 Å². The van der Waals surface area contributed by atoms with E-state index in [4.69, 9.17) is 0 Å². The maximum absolute atomic E-state index is 9.43. The van der Waals surface area contributed by atoms with Crippen LogP contribution in [-0.2, 0) is 6.54 Å². The van der Waals surface area contributed by atoms with Crippen molar-refractivity contribution in [3.05, 3.63) is 24.4 Å². The van der Waals surface area contributed by atoms with Crippen LogP contribution in [0.1, 0.15) is 6.42 Å². The first kappa shape index (κ1) is 9.99. The van der Waals surface area contributed by atoms with Crippen molar-refractivity contribution >= 4 is 0 Å². The lowest BCUT2D eigenvalue weighted by molar-refractivity contribution is -0.702. The molecule has 1 heterocycles. The standard InChI is InChI=1S/C10H16N2O/c1-11(2)7-5-9-12-8-4-3-6-10(12)13/h3-4,6,8H,5,7,9H2,1-2H3/p+1. The highest BCUT2D eigenvalue weighted by Gasteiger charge is 2.05. The van der Waals surface area contributed by atoms with Crippen LogP contribution in [0, 0.1) is 0 Å². The Bertz CT molecular complexity index is 261. The first-order chi connectivity index (χ1) is 6.20. The van der Waals surface area contributed by atoms with Crippen molar-refractivity contribution in [2.45, 2.75) is 13.0 Å². The predicted octanol–water partition coefficient (Wildman–Crippen LogP) is 0.631. The highest BCUT2D eigenvalue weighted by molar-refractivity contribution is 4.99. The maximum Gasteiger partial charge on any atom is 0.365 e. The minimum atomic E-state index is 0.334. The Balaban J connectivity index is 2.41. The van der Waals surface area contributed by atoms with Crippen molar-refractivity contribution < 1.29 is 9.67 Å². The molecule has 0 aromatic carbocycles. The summed E-state index contributed by atoms with van der Waals surface area (Å²) < 4.78 is 1.85. The van der Waals surface area contributed by atoms with E-state index < -0.39 is 0 Å². The summed E-state index contributed by atoms with van der Waals surface area (Å²) in [6.07, 6.45) is 2.94. The van der Waals surface area contributed by atoms with Gasteiger partial charge in [0.15, 0.2) is 12.7 Å². The highest BCUT2D eigenvalue weighted by Crippen LogP contribution is 1.97. The fourth-order valence-corrected chi connectivity index (χ4v) is 1.21. The lowest BCUT2D eigenvalue weighted by atomic mass is 10.3. The predicted molar refractivity (Wildman–Crippen MR) is 51.5 cm³/mol. The maximum atomic E-state index is 9.43. The van der Waals surface area contributed by atoms with E-state index in [2.05, 4.69) is 19.0 Å². The van der Waals surface area contributed by atoms with Crippen LogP contribution in [0.5, 0.6) is 5.88 Å². The lowest BCUT2D eigenvalue weighted by Gasteiger charge is -2.06. The first-order valence-electron chi connectivity index (χ1n) is 4.52. The third kappa shape index (κ3) is 3.42. The van der Waals surface area contributed by atoms with Gasteiger partial charge in [-0.05, 0) is 20.2 Å². The molecule has 1 N–H and O–H groups in total. The zero-order valence-corrected chi connectivity index (χ0v) is 8.27. The summed E-state index contributed by atoms with van der Waals surface area (Å²) >= 11 is 0. The van der Waals surface area contributed by atoms with E-state index in [0.717, 1.165) is 19.5 Å². The Morgan fingerprint density at radius 3 is 2.77 bits per heavy atom. The highest BCUT2D eigenvalue weighted by atomic mass is 16.3. The van der Waals surface area contributed by atoms with Gasteiger partial charge < -0.3 is 10.0 Å². The molecule has 0 bridgehead atoms. The summed E-state index contributed by atoms with van der Waals surface area (Å²) in [5, 5.41) is 9.43. The van der Waals surface area contributed by atoms with Gasteiger partial charge in [-0.25, -0.2) is 0 Å². The molecule has 0 atom stereocenters. The third-order valence-electron chi connectivity index (χ3n) is 1.92. The Labute approximate surface area is 79.2 Å². The molecule has 1 rings (SSSR count). The van der Waals surface area contributed by atoms with Crippen LogP contribution in [0.4, 0.5) is 0 Å². The fraction of sp³-hybridized carbons (Fsp3) is 0.500. The molecule has 0 aliphatic carbocycles. The van der Waals surface area contributed by atoms with Crippen LogP contribution < -0.4 is 4.57 Å². The zero-order valence-electron chi connectivity index (χ0n) is 8.27. The Hall–Kier alpha value is -1.09. The van der Waals surface area contributed by atoms with Gasteiger partial charge in [0.1, 0.15) is 0 Å². The van der Waals surface area contributed by atoms with Gasteiger partial charge >= 0.3 is 5.88 Å². The van der Waals surface area contributed by atoms with Crippen molar-refractivity contribution in [3.63, 3.8) is 0 Å². The molecule has 0 aliphatic rings. The number of aryl methyl sites for hydroxylation is 1. The molecule has 1 aromatic heterocycles. The second-order valence-corrected chi connectivity index (χ2v) is 3.41. The molecule has 0 amide bonds. The van der Waals surface area contributed by atoms with Crippen LogP contribution in [0.15, 0.2) is 24.4 Å². The first-order valence-corrected chi connectivity index (χ1v) is 4.52. The van der Waals surface area contributed by atoms with Crippen molar-refractivity contribution in [1.29, 1.82) is 0 Å². The van der Waals surface area contributed by atoms with Crippen LogP contribution in [0.2, 0.25) is 0 Å². The molecule has 0 saturated heterocycles. The third-order valence-corrected chi connectivity index (χ3v) is 1.92. The normalized spacial score (nSPS) is 10.7. The van der Waals surface area contributed by atoms with Crippen molar-refractivity contribution in [2.75, 3.05) is 20.6 Å². The molecular weight excluding hydrogens is 164 g/mol. The van der Waals surface area contributed by atoms with E-state index in [1.54, 1.807) is 6.07 Å². The van der Waals surface area contributed by atoms with Crippen LogP contribution in [0.25, 0.3) is 0 Å². The average Bonchev–Trinajstić information content (AvgIpc) is 2.08. The van der Waals surface area contributed by atoms with Gasteiger partial charge in [0, 0.05) is 19.0 Å². The number of aromatic hydroxyl groups is 1. The molecule has 0 unspecified atom stereocenters. The molecule has 0 fully saturated rings. The summed E-state index contributed by atoms with van der Waals surface area (Å²) in [5.41, 5.74) is 0. The summed E-state index contributed by atoms with van der Waals surface area (Å²) in [7, 11) is 4.10. The number of hydrogen-bond donors (Lipinski definition) is 1. The van der Waals surface area contributed by atoms with E-state index in [0.29, 0.717) is 5.88 Å². The summed E-state index contributed by atoms with van der Waals surface area (Å²) in [4.78, 5) is 2.14. The molecule has 1 aromatic rings. The summed E-state index contributed by atoms with van der Waals surface area (Å²) in [6, 6.07) is 5.46. The Morgan fingerprint density at radius 1 is 1.38 bits per heavy atom. The number of hydrogen-bond acceptors (Lipinski definition) is 2. The molecular formula is C10H17N2O+. The van der Waals surface area contributed by atoms with Gasteiger partial charge in [0.2, 0.25) is 0 Å². The molecule has 0 radical (unpaired) electrons. The number of rotatable bonds is 4. The molecule has 0 saturated carbocycles. The van der Waals surface area contributed by atoms with Crippen LogP contribution in [0.3, 0.4) is 0 Å². The molecule has 3 heteroatoms. The molecule has 72 valence electrons. The minimum absolute atomic E-state index is 0.334. The van der Waals surface area contributed by atoms with Gasteiger partial charge in [0.05, 0.1) is 6.07 Å². The molecule has 3 nitrogen and oxygen atoms in total. The van der Waals surface area contributed by atoms with Crippen molar-refractivity contribution in [2.24, 2.45) is 0 Å². The van der Waals surface area contributed by atoms with Crippen molar-refractivity contribution in [3.8, 4) is 5.88 Å². The number of nitrogens with zero attached hydrogens (tertiary/aromatic N) is 2. The summed E-state index contributed by atoms with van der Waals surface area (Å²) in [6.45, 7) is 1.91. The summed E-state index contributed by atoms with van der Waals surface area (Å²) in [5.74, 6) is 0.334. The van der Waals surface area contributed by atoms with Crippen LogP contribution >= 0.6 is 0 Å². The number of aromatic nitrogens is 1. The Morgan fingerprint density at radius 2 is 2.15 bits per heavy atom. The van der Waals surface area contributed by atoms with Crippen LogP contribution in [-0.4, -0.2) is 30.6 Å². The largest absolute Gasteiger partial charge is 0.460 e. The van der Waals surface area contributed by atoms with E-state index in [-0.39, 0.29) is 0 Å². The number of pyridine rings is 1. The quantitative estimate of drug-likeness (QED) is 0.690. The minimum Gasteiger partial charge on any atom is -0.460 e.